The molecule has 0 spiro atoms. The van der Waals surface area contributed by atoms with Gasteiger partial charge in [0.25, 0.3) is 0 Å². The fourth-order valence-corrected chi connectivity index (χ4v) is 2.01. The van der Waals surface area contributed by atoms with Gasteiger partial charge in [0.15, 0.2) is 11.6 Å². The smallest absolute Gasteiger partial charge is 0.159 e. The summed E-state index contributed by atoms with van der Waals surface area (Å²) in [6, 6.07) is 5.20. The van der Waals surface area contributed by atoms with Gasteiger partial charge in [-0.3, -0.25) is 0 Å². The Morgan fingerprint density at radius 1 is 1.12 bits per heavy atom. The summed E-state index contributed by atoms with van der Waals surface area (Å²) in [4.78, 5) is 3.98. The highest BCUT2D eigenvalue weighted by Crippen LogP contribution is 2.29. The van der Waals surface area contributed by atoms with Crippen molar-refractivity contribution in [1.29, 1.82) is 0 Å². The molecule has 0 aliphatic carbocycles. The average molecular weight is 305 g/mol. The number of aromatic nitrogens is 1. The lowest BCUT2D eigenvalue weighted by Crippen LogP contribution is -1.87. The summed E-state index contributed by atoms with van der Waals surface area (Å²) in [6.45, 7) is 0. The molecular weight excluding hydrogens is 299 g/mol. The molecule has 0 fully saturated rings. The van der Waals surface area contributed by atoms with Crippen molar-refractivity contribution in [3.8, 4) is 11.1 Å². The van der Waals surface area contributed by atoms with Crippen molar-refractivity contribution in [2.24, 2.45) is 0 Å². The molecule has 0 amide bonds. The van der Waals surface area contributed by atoms with Gasteiger partial charge >= 0.3 is 0 Å². The minimum absolute atomic E-state index is 0.424. The normalized spacial score (nSPS) is 10.5. The topological polar surface area (TPSA) is 12.9 Å². The van der Waals surface area contributed by atoms with E-state index >= 15 is 0 Å². The van der Waals surface area contributed by atoms with Gasteiger partial charge in [0.1, 0.15) is 4.60 Å². The second-order valence-corrected chi connectivity index (χ2v) is 4.34. The maximum atomic E-state index is 13.0. The molecule has 0 saturated carbocycles. The molecule has 0 aliphatic rings. The molecule has 2 aromatic rings. The van der Waals surface area contributed by atoms with Crippen molar-refractivity contribution in [1.82, 2.24) is 4.98 Å². The van der Waals surface area contributed by atoms with E-state index < -0.39 is 11.6 Å². The van der Waals surface area contributed by atoms with Gasteiger partial charge in [0, 0.05) is 11.8 Å². The molecule has 1 aromatic carbocycles. The third-order valence-electron chi connectivity index (χ3n) is 2.05. The average Bonchev–Trinajstić information content (AvgIpc) is 2.22. The van der Waals surface area contributed by atoms with Gasteiger partial charge < -0.3 is 0 Å². The standard InChI is InChI=1S/C11H5BrClF2N/c12-11-4-8(13)7(5-16-11)6-1-2-9(14)10(15)3-6/h1-5H. The Hall–Kier alpha value is -1.00. The molecule has 0 saturated heterocycles. The lowest BCUT2D eigenvalue weighted by atomic mass is 10.1. The maximum absolute atomic E-state index is 13.0. The van der Waals surface area contributed by atoms with Crippen LogP contribution in [0.15, 0.2) is 35.1 Å². The Balaban J connectivity index is 2.54. The molecule has 1 aromatic heterocycles. The van der Waals surface area contributed by atoms with Gasteiger partial charge in [0.05, 0.1) is 5.02 Å². The van der Waals surface area contributed by atoms with Crippen LogP contribution >= 0.6 is 27.5 Å². The minimum atomic E-state index is -0.906. The highest BCUT2D eigenvalue weighted by atomic mass is 79.9. The number of benzene rings is 1. The summed E-state index contributed by atoms with van der Waals surface area (Å²) in [5.74, 6) is -1.79. The van der Waals surface area contributed by atoms with Crippen molar-refractivity contribution in [2.45, 2.75) is 0 Å². The number of halogens is 4. The molecule has 16 heavy (non-hydrogen) atoms. The second-order valence-electron chi connectivity index (χ2n) is 3.12. The zero-order valence-electron chi connectivity index (χ0n) is 7.85. The van der Waals surface area contributed by atoms with Crippen LogP contribution in [-0.4, -0.2) is 4.98 Å². The first-order valence-corrected chi connectivity index (χ1v) is 5.51. The molecule has 0 unspecified atom stereocenters. The molecule has 0 aliphatic heterocycles. The van der Waals surface area contributed by atoms with E-state index in [0.29, 0.717) is 20.8 Å². The predicted octanol–water partition coefficient (Wildman–Crippen LogP) is 4.44. The number of hydrogen-bond acceptors (Lipinski definition) is 1. The van der Waals surface area contributed by atoms with Crippen molar-refractivity contribution in [2.75, 3.05) is 0 Å². The Morgan fingerprint density at radius 2 is 1.88 bits per heavy atom. The van der Waals surface area contributed by atoms with Crippen LogP contribution in [0.5, 0.6) is 0 Å². The van der Waals surface area contributed by atoms with Crippen LogP contribution in [0.3, 0.4) is 0 Å². The monoisotopic (exact) mass is 303 g/mol. The summed E-state index contributed by atoms with van der Waals surface area (Å²) >= 11 is 9.14. The van der Waals surface area contributed by atoms with Crippen LogP contribution in [0.2, 0.25) is 5.02 Å². The van der Waals surface area contributed by atoms with Gasteiger partial charge in [-0.05, 0) is 39.7 Å². The molecule has 1 heterocycles. The summed E-state index contributed by atoms with van der Waals surface area (Å²) in [5.41, 5.74) is 1.05. The van der Waals surface area contributed by atoms with Crippen LogP contribution in [0.25, 0.3) is 11.1 Å². The van der Waals surface area contributed by atoms with Crippen molar-refractivity contribution in [3.05, 3.63) is 51.7 Å². The van der Waals surface area contributed by atoms with E-state index in [-0.39, 0.29) is 0 Å². The lowest BCUT2D eigenvalue weighted by Gasteiger charge is -2.04. The van der Waals surface area contributed by atoms with Crippen LogP contribution in [0.1, 0.15) is 0 Å². The van der Waals surface area contributed by atoms with Crippen molar-refractivity contribution in [3.63, 3.8) is 0 Å². The van der Waals surface area contributed by atoms with Gasteiger partial charge in [-0.25, -0.2) is 13.8 Å². The molecule has 5 heteroatoms. The first-order chi connectivity index (χ1) is 7.58. The van der Waals surface area contributed by atoms with Crippen LogP contribution in [-0.2, 0) is 0 Å². The number of hydrogen-bond donors (Lipinski definition) is 0. The predicted molar refractivity (Wildman–Crippen MR) is 62.3 cm³/mol. The summed E-state index contributed by atoms with van der Waals surface area (Å²) in [6.07, 6.45) is 1.50. The fraction of sp³-hybridized carbons (Fsp3) is 0. The SMILES string of the molecule is Fc1ccc(-c2cnc(Br)cc2Cl)cc1F. The van der Waals surface area contributed by atoms with E-state index in [0.717, 1.165) is 12.1 Å². The Labute approximate surface area is 104 Å². The first kappa shape index (κ1) is 11.5. The summed E-state index contributed by atoms with van der Waals surface area (Å²) < 4.78 is 26.4. The van der Waals surface area contributed by atoms with Gasteiger partial charge in [-0.2, -0.15) is 0 Å². The second kappa shape index (κ2) is 4.47. The molecule has 0 atom stereocenters. The third-order valence-corrected chi connectivity index (χ3v) is 2.80. The quantitative estimate of drug-likeness (QED) is 0.710. The number of rotatable bonds is 1. The van der Waals surface area contributed by atoms with Gasteiger partial charge in [-0.15, -0.1) is 0 Å². The van der Waals surface area contributed by atoms with Crippen molar-refractivity contribution >= 4 is 27.5 Å². The zero-order chi connectivity index (χ0) is 11.7. The van der Waals surface area contributed by atoms with E-state index in [1.165, 1.54) is 12.3 Å². The Morgan fingerprint density at radius 3 is 2.50 bits per heavy atom. The minimum Gasteiger partial charge on any atom is -0.249 e. The Kier molecular flexibility index (Phi) is 3.21. The van der Waals surface area contributed by atoms with E-state index in [4.69, 9.17) is 11.6 Å². The van der Waals surface area contributed by atoms with E-state index in [9.17, 15) is 8.78 Å². The van der Waals surface area contributed by atoms with E-state index in [1.54, 1.807) is 6.07 Å². The highest BCUT2D eigenvalue weighted by molar-refractivity contribution is 9.10. The van der Waals surface area contributed by atoms with E-state index in [1.807, 2.05) is 0 Å². The largest absolute Gasteiger partial charge is 0.249 e. The molecule has 0 radical (unpaired) electrons. The maximum Gasteiger partial charge on any atom is 0.159 e. The molecule has 0 bridgehead atoms. The van der Waals surface area contributed by atoms with Crippen LogP contribution in [0, 0.1) is 11.6 Å². The lowest BCUT2D eigenvalue weighted by molar-refractivity contribution is 0.509. The molecule has 1 nitrogen and oxygen atoms in total. The van der Waals surface area contributed by atoms with Crippen LogP contribution < -0.4 is 0 Å². The number of pyridine rings is 1. The number of nitrogens with zero attached hydrogens (tertiary/aromatic N) is 1. The molecular formula is C11H5BrClF2N. The Bertz CT molecular complexity index is 546. The zero-order valence-corrected chi connectivity index (χ0v) is 10.2. The van der Waals surface area contributed by atoms with Gasteiger partial charge in [0.2, 0.25) is 0 Å². The molecule has 82 valence electrons. The summed E-state index contributed by atoms with van der Waals surface area (Å²) in [7, 11) is 0. The molecule has 2 rings (SSSR count). The fourth-order valence-electron chi connectivity index (χ4n) is 1.28. The highest BCUT2D eigenvalue weighted by Gasteiger charge is 2.08. The van der Waals surface area contributed by atoms with E-state index in [2.05, 4.69) is 20.9 Å². The summed E-state index contributed by atoms with van der Waals surface area (Å²) in [5, 5.41) is 0.424. The van der Waals surface area contributed by atoms with Crippen LogP contribution in [0.4, 0.5) is 8.78 Å². The van der Waals surface area contributed by atoms with Crippen molar-refractivity contribution < 1.29 is 8.78 Å². The molecule has 0 N–H and O–H groups in total. The third kappa shape index (κ3) is 2.23. The van der Waals surface area contributed by atoms with Gasteiger partial charge in [-0.1, -0.05) is 17.7 Å². The first-order valence-electron chi connectivity index (χ1n) is 4.34.